The third kappa shape index (κ3) is 3.07. The average Bonchev–Trinajstić information content (AvgIpc) is 2.67. The van der Waals surface area contributed by atoms with Crippen molar-refractivity contribution >= 4 is 27.6 Å². The number of hydrogen-bond acceptors (Lipinski definition) is 6. The van der Waals surface area contributed by atoms with Crippen LogP contribution in [0.5, 0.6) is 0 Å². The van der Waals surface area contributed by atoms with Crippen LogP contribution in [-0.4, -0.2) is 36.5 Å². The lowest BCUT2D eigenvalue weighted by Gasteiger charge is -2.14. The zero-order chi connectivity index (χ0) is 14.9. The molecule has 1 amide bonds. The Labute approximate surface area is 113 Å². The lowest BCUT2D eigenvalue weighted by molar-refractivity contribution is -0.384. The van der Waals surface area contributed by atoms with Gasteiger partial charge < -0.3 is 0 Å². The van der Waals surface area contributed by atoms with Gasteiger partial charge in [0.2, 0.25) is 11.7 Å². The van der Waals surface area contributed by atoms with E-state index in [1.165, 1.54) is 18.3 Å². The Morgan fingerprint density at radius 1 is 1.55 bits per heavy atom. The second-order valence-electron chi connectivity index (χ2n) is 4.38. The summed E-state index contributed by atoms with van der Waals surface area (Å²) in [7, 11) is -4.70. The van der Waals surface area contributed by atoms with Crippen molar-refractivity contribution in [1.82, 2.24) is 4.98 Å². The number of hydrogen-bond donors (Lipinski definition) is 0. The molecule has 2 heterocycles. The van der Waals surface area contributed by atoms with E-state index in [1.54, 1.807) is 0 Å². The van der Waals surface area contributed by atoms with Crippen LogP contribution >= 0.6 is 0 Å². The first-order valence-electron chi connectivity index (χ1n) is 5.60. The van der Waals surface area contributed by atoms with E-state index in [1.807, 2.05) is 0 Å². The first-order chi connectivity index (χ1) is 9.28. The molecule has 10 heteroatoms. The molecule has 108 valence electrons. The molecule has 0 aliphatic carbocycles. The molecule has 0 N–H and O–H groups in total. The Hall–Kier alpha value is -2.10. The molecule has 1 unspecified atom stereocenters. The smallest absolute Gasteiger partial charge is 0.291 e. The molecule has 20 heavy (non-hydrogen) atoms. The van der Waals surface area contributed by atoms with E-state index >= 15 is 0 Å². The number of carbonyl (C=O) groups excluding carboxylic acids is 1. The van der Waals surface area contributed by atoms with Crippen molar-refractivity contribution < 1.29 is 22.0 Å². The normalized spacial score (nSPS) is 19.4. The van der Waals surface area contributed by atoms with E-state index in [0.29, 0.717) is 0 Å². The van der Waals surface area contributed by atoms with Crippen LogP contribution in [-0.2, 0) is 15.0 Å². The minimum atomic E-state index is -4.70. The molecule has 2 rings (SSSR count). The first-order valence-corrected chi connectivity index (χ1v) is 7.15. The van der Waals surface area contributed by atoms with Crippen LogP contribution in [0.25, 0.3) is 0 Å². The van der Waals surface area contributed by atoms with E-state index in [0.717, 1.165) is 4.90 Å². The van der Waals surface area contributed by atoms with Crippen LogP contribution in [0.15, 0.2) is 18.3 Å². The van der Waals surface area contributed by atoms with Gasteiger partial charge in [-0.05, 0) is 6.07 Å². The van der Waals surface area contributed by atoms with Crippen molar-refractivity contribution in [3.05, 3.63) is 28.4 Å². The van der Waals surface area contributed by atoms with Gasteiger partial charge in [0.05, 0.1) is 10.7 Å². The Bertz CT molecular complexity index is 663. The van der Waals surface area contributed by atoms with Gasteiger partial charge in [-0.15, -0.1) is 3.89 Å². The van der Waals surface area contributed by atoms with Crippen LogP contribution in [0.4, 0.5) is 15.4 Å². The number of amides is 1. The number of rotatable bonds is 4. The molecule has 8 nitrogen and oxygen atoms in total. The van der Waals surface area contributed by atoms with Gasteiger partial charge in [-0.1, -0.05) is 0 Å². The van der Waals surface area contributed by atoms with Gasteiger partial charge in [-0.2, -0.15) is 8.42 Å². The summed E-state index contributed by atoms with van der Waals surface area (Å²) in [6.07, 6.45) is 1.10. The minimum Gasteiger partial charge on any atom is -0.291 e. The van der Waals surface area contributed by atoms with Crippen LogP contribution < -0.4 is 4.90 Å². The maximum Gasteiger partial charge on any atom is 0.312 e. The van der Waals surface area contributed by atoms with Gasteiger partial charge in [0, 0.05) is 31.1 Å². The van der Waals surface area contributed by atoms with Crippen LogP contribution in [0.1, 0.15) is 6.42 Å². The van der Waals surface area contributed by atoms with Crippen LogP contribution in [0.3, 0.4) is 0 Å². The summed E-state index contributed by atoms with van der Waals surface area (Å²) >= 11 is 0. The van der Waals surface area contributed by atoms with E-state index in [9.17, 15) is 27.2 Å². The van der Waals surface area contributed by atoms with Gasteiger partial charge in [0.1, 0.15) is 0 Å². The summed E-state index contributed by atoms with van der Waals surface area (Å²) in [5, 5.41) is 10.9. The third-order valence-electron chi connectivity index (χ3n) is 2.86. The third-order valence-corrected chi connectivity index (χ3v) is 3.73. The molecule has 1 aromatic rings. The zero-order valence-corrected chi connectivity index (χ0v) is 10.9. The fraction of sp³-hybridized carbons (Fsp3) is 0.400. The minimum absolute atomic E-state index is 0.111. The quantitative estimate of drug-likeness (QED) is 0.458. The number of nitrogens with zero attached hydrogens (tertiary/aromatic N) is 3. The highest BCUT2D eigenvalue weighted by Crippen LogP contribution is 2.31. The van der Waals surface area contributed by atoms with E-state index in [4.69, 9.17) is 0 Å². The highest BCUT2D eigenvalue weighted by atomic mass is 32.3. The molecule has 1 saturated heterocycles. The fourth-order valence-corrected chi connectivity index (χ4v) is 2.90. The molecule has 1 aliphatic rings. The van der Waals surface area contributed by atoms with E-state index < -0.39 is 32.7 Å². The topological polar surface area (TPSA) is 110 Å². The summed E-state index contributed by atoms with van der Waals surface area (Å²) in [6.45, 7) is -0.111. The van der Waals surface area contributed by atoms with Crippen molar-refractivity contribution in [2.45, 2.75) is 6.42 Å². The van der Waals surface area contributed by atoms with Crippen LogP contribution in [0, 0.1) is 16.0 Å². The second-order valence-corrected chi connectivity index (χ2v) is 5.79. The molecule has 1 aliphatic heterocycles. The Morgan fingerprint density at radius 2 is 2.25 bits per heavy atom. The predicted molar refractivity (Wildman–Crippen MR) is 66.2 cm³/mol. The summed E-state index contributed by atoms with van der Waals surface area (Å²) in [5.74, 6) is -2.18. The summed E-state index contributed by atoms with van der Waals surface area (Å²) in [6, 6.07) is 2.54. The number of nitro groups is 1. The van der Waals surface area contributed by atoms with Gasteiger partial charge >= 0.3 is 15.9 Å². The number of aromatic nitrogens is 1. The van der Waals surface area contributed by atoms with Crippen molar-refractivity contribution in [3.63, 3.8) is 0 Å². The standard InChI is InChI=1S/C10H10FN3O5S/c11-20(18,19)6-7-4-9(15)13(5-7)10-8(14(16)17)2-1-3-12-10/h1-3,7H,4-6H2. The Kier molecular flexibility index (Phi) is 3.66. The maximum atomic E-state index is 12.6. The molecule has 0 saturated carbocycles. The zero-order valence-electron chi connectivity index (χ0n) is 10.1. The monoisotopic (exact) mass is 303 g/mol. The largest absolute Gasteiger partial charge is 0.312 e. The first kappa shape index (κ1) is 14.3. The number of pyridine rings is 1. The predicted octanol–water partition coefficient (Wildman–Crippen LogP) is 0.642. The van der Waals surface area contributed by atoms with Gasteiger partial charge in [-0.25, -0.2) is 4.98 Å². The number of carbonyl (C=O) groups is 1. The highest BCUT2D eigenvalue weighted by molar-refractivity contribution is 7.86. The number of anilines is 1. The second kappa shape index (κ2) is 5.12. The van der Waals surface area contributed by atoms with Crippen LogP contribution in [0.2, 0.25) is 0 Å². The van der Waals surface area contributed by atoms with Crippen molar-refractivity contribution in [2.75, 3.05) is 17.2 Å². The van der Waals surface area contributed by atoms with Crippen molar-refractivity contribution in [2.24, 2.45) is 5.92 Å². The molecular formula is C10H10FN3O5S. The summed E-state index contributed by atoms with van der Waals surface area (Å²) in [4.78, 5) is 26.8. The van der Waals surface area contributed by atoms with Gasteiger partial charge in [0.25, 0.3) is 0 Å². The molecule has 0 aromatic carbocycles. The van der Waals surface area contributed by atoms with Crippen molar-refractivity contribution in [3.8, 4) is 0 Å². The molecule has 1 fully saturated rings. The molecule has 1 aromatic heterocycles. The maximum absolute atomic E-state index is 12.6. The molecule has 0 spiro atoms. The molecular weight excluding hydrogens is 293 g/mol. The van der Waals surface area contributed by atoms with Gasteiger partial charge in [-0.3, -0.25) is 19.8 Å². The fourth-order valence-electron chi connectivity index (χ4n) is 2.12. The molecule has 0 bridgehead atoms. The highest BCUT2D eigenvalue weighted by Gasteiger charge is 2.37. The SMILES string of the molecule is O=C1CC(CS(=O)(=O)F)CN1c1ncccc1[N+](=O)[O-]. The number of halogens is 1. The van der Waals surface area contributed by atoms with Gasteiger partial charge in [0.15, 0.2) is 0 Å². The molecule has 1 atom stereocenters. The lowest BCUT2D eigenvalue weighted by Crippen LogP contribution is -2.27. The summed E-state index contributed by atoms with van der Waals surface area (Å²) in [5.41, 5.74) is -0.357. The van der Waals surface area contributed by atoms with E-state index in [-0.39, 0.29) is 24.5 Å². The summed E-state index contributed by atoms with van der Waals surface area (Å²) < 4.78 is 33.8. The molecule has 0 radical (unpaired) electrons. The average molecular weight is 303 g/mol. The Balaban J connectivity index is 2.27. The lowest BCUT2D eigenvalue weighted by atomic mass is 10.1. The van der Waals surface area contributed by atoms with E-state index in [2.05, 4.69) is 4.98 Å². The Morgan fingerprint density at radius 3 is 2.85 bits per heavy atom. The van der Waals surface area contributed by atoms with Crippen molar-refractivity contribution in [1.29, 1.82) is 0 Å².